The maximum Gasteiger partial charge on any atom is 0.244 e. The van der Waals surface area contributed by atoms with E-state index in [2.05, 4.69) is 4.90 Å². The Morgan fingerprint density at radius 1 is 1.23 bits per heavy atom. The first kappa shape index (κ1) is 15.5. The van der Waals surface area contributed by atoms with Gasteiger partial charge in [0.2, 0.25) is 5.91 Å². The highest BCUT2D eigenvalue weighted by molar-refractivity contribution is 7.94. The summed E-state index contributed by atoms with van der Waals surface area (Å²) in [5, 5.41) is 0. The minimum atomic E-state index is -3.61. The molecule has 1 heterocycles. The number of carbonyl (C=O) groups is 1. The minimum Gasteiger partial charge on any atom is -0.340 e. The Morgan fingerprint density at radius 2 is 1.86 bits per heavy atom. The van der Waals surface area contributed by atoms with Crippen molar-refractivity contribution >= 4 is 15.7 Å². The van der Waals surface area contributed by atoms with Crippen LogP contribution in [0.3, 0.4) is 0 Å². The molecule has 0 N–H and O–H groups in total. The molecular weight excluding hydrogens is 300 g/mol. The lowest BCUT2D eigenvalue weighted by Gasteiger charge is -2.24. The topological polar surface area (TPSA) is 57.7 Å². The molecule has 2 aliphatic rings. The van der Waals surface area contributed by atoms with Crippen molar-refractivity contribution in [2.45, 2.75) is 34.9 Å². The predicted molar refractivity (Wildman–Crippen MR) is 84.3 cm³/mol. The molecule has 1 atom stereocenters. The normalized spacial score (nSPS) is 23.8. The fraction of sp³-hybridized carbons (Fsp3) is 0.562. The van der Waals surface area contributed by atoms with E-state index in [0.717, 1.165) is 6.42 Å². The molecule has 1 amide bonds. The zero-order chi connectivity index (χ0) is 16.0. The van der Waals surface area contributed by atoms with Gasteiger partial charge >= 0.3 is 0 Å². The average molecular weight is 322 g/mol. The number of sulfone groups is 1. The van der Waals surface area contributed by atoms with Gasteiger partial charge in [-0.05, 0) is 45.5 Å². The molecule has 2 fully saturated rings. The summed E-state index contributed by atoms with van der Waals surface area (Å²) in [5.41, 5.74) is 0. The van der Waals surface area contributed by atoms with Crippen LogP contribution in [0.4, 0.5) is 0 Å². The quantitative estimate of drug-likeness (QED) is 0.834. The molecule has 0 bridgehead atoms. The molecule has 22 heavy (non-hydrogen) atoms. The van der Waals surface area contributed by atoms with Crippen LogP contribution in [0.1, 0.15) is 19.3 Å². The van der Waals surface area contributed by atoms with E-state index in [-0.39, 0.29) is 10.8 Å². The Kier molecular flexibility index (Phi) is 3.77. The standard InChI is InChI=1S/C16H22N2O3S/c1-17(2)13-8-11-18(12-13)15(19)16(9-10-16)22(20,21)14-6-4-3-5-7-14/h3-7,13H,8-12H2,1-2H3. The number of likely N-dealkylation sites (N-methyl/N-ethyl adjacent to an activating group) is 1. The summed E-state index contributed by atoms with van der Waals surface area (Å²) in [6.07, 6.45) is 1.78. The number of benzene rings is 1. The zero-order valence-corrected chi connectivity index (χ0v) is 13.8. The molecule has 0 radical (unpaired) electrons. The van der Waals surface area contributed by atoms with Gasteiger partial charge in [0.05, 0.1) is 4.90 Å². The second kappa shape index (κ2) is 5.35. The van der Waals surface area contributed by atoms with Gasteiger partial charge in [0.1, 0.15) is 0 Å². The van der Waals surface area contributed by atoms with Gasteiger partial charge in [-0.25, -0.2) is 8.42 Å². The maximum absolute atomic E-state index is 12.9. The molecule has 1 aliphatic carbocycles. The lowest BCUT2D eigenvalue weighted by atomic mass is 10.2. The van der Waals surface area contributed by atoms with Crippen LogP contribution in [-0.4, -0.2) is 62.1 Å². The Bertz CT molecular complexity index is 666. The second-order valence-corrected chi connectivity index (χ2v) is 8.73. The van der Waals surface area contributed by atoms with Gasteiger partial charge < -0.3 is 9.80 Å². The summed E-state index contributed by atoms with van der Waals surface area (Å²) in [5.74, 6) is -0.208. The number of amides is 1. The van der Waals surface area contributed by atoms with Crippen molar-refractivity contribution in [3.05, 3.63) is 30.3 Å². The van der Waals surface area contributed by atoms with Crippen molar-refractivity contribution in [1.82, 2.24) is 9.80 Å². The highest BCUT2D eigenvalue weighted by atomic mass is 32.2. The molecule has 1 saturated heterocycles. The third-order valence-corrected chi connectivity index (χ3v) is 7.35. The summed E-state index contributed by atoms with van der Waals surface area (Å²) in [6, 6.07) is 8.66. The van der Waals surface area contributed by atoms with Crippen molar-refractivity contribution in [3.63, 3.8) is 0 Å². The fourth-order valence-electron chi connectivity index (χ4n) is 3.17. The molecule has 1 unspecified atom stereocenters. The average Bonchev–Trinajstić information content (AvgIpc) is 3.18. The minimum absolute atomic E-state index is 0.208. The first-order chi connectivity index (χ1) is 10.4. The van der Waals surface area contributed by atoms with Crippen molar-refractivity contribution in [1.29, 1.82) is 0 Å². The van der Waals surface area contributed by atoms with Crippen LogP contribution >= 0.6 is 0 Å². The Hall–Kier alpha value is -1.40. The molecule has 120 valence electrons. The van der Waals surface area contributed by atoms with E-state index in [1.165, 1.54) is 0 Å². The zero-order valence-electron chi connectivity index (χ0n) is 13.0. The number of hydrogen-bond donors (Lipinski definition) is 0. The third kappa shape index (κ3) is 2.34. The lowest BCUT2D eigenvalue weighted by molar-refractivity contribution is -0.130. The van der Waals surface area contributed by atoms with E-state index in [1.54, 1.807) is 35.2 Å². The van der Waals surface area contributed by atoms with Crippen molar-refractivity contribution in [3.8, 4) is 0 Å². The van der Waals surface area contributed by atoms with E-state index >= 15 is 0 Å². The van der Waals surface area contributed by atoms with Gasteiger partial charge in [-0.3, -0.25) is 4.79 Å². The first-order valence-electron chi connectivity index (χ1n) is 7.64. The number of likely N-dealkylation sites (tertiary alicyclic amines) is 1. The summed E-state index contributed by atoms with van der Waals surface area (Å²) in [7, 11) is 0.378. The lowest BCUT2D eigenvalue weighted by Crippen LogP contribution is -2.45. The van der Waals surface area contributed by atoms with Crippen LogP contribution in [0.25, 0.3) is 0 Å². The summed E-state index contributed by atoms with van der Waals surface area (Å²) in [4.78, 5) is 16.9. The van der Waals surface area contributed by atoms with Gasteiger partial charge in [0.25, 0.3) is 0 Å². The van der Waals surface area contributed by atoms with Crippen molar-refractivity contribution in [2.75, 3.05) is 27.2 Å². The molecule has 6 heteroatoms. The van der Waals surface area contributed by atoms with Crippen molar-refractivity contribution in [2.24, 2.45) is 0 Å². The van der Waals surface area contributed by atoms with E-state index in [9.17, 15) is 13.2 Å². The summed E-state index contributed by atoms with van der Waals surface area (Å²) < 4.78 is 24.5. The van der Waals surface area contributed by atoms with E-state index in [4.69, 9.17) is 0 Å². The molecule has 1 saturated carbocycles. The van der Waals surface area contributed by atoms with E-state index in [0.29, 0.717) is 32.0 Å². The summed E-state index contributed by atoms with van der Waals surface area (Å²) in [6.45, 7) is 1.27. The predicted octanol–water partition coefficient (Wildman–Crippen LogP) is 1.16. The highest BCUT2D eigenvalue weighted by Crippen LogP contribution is 2.48. The largest absolute Gasteiger partial charge is 0.340 e. The molecule has 3 rings (SSSR count). The molecular formula is C16H22N2O3S. The van der Waals surface area contributed by atoms with Gasteiger partial charge in [-0.2, -0.15) is 0 Å². The third-order valence-electron chi connectivity index (χ3n) is 4.84. The Morgan fingerprint density at radius 3 is 2.36 bits per heavy atom. The summed E-state index contributed by atoms with van der Waals surface area (Å²) >= 11 is 0. The van der Waals surface area contributed by atoms with Gasteiger partial charge in [-0.1, -0.05) is 18.2 Å². The first-order valence-corrected chi connectivity index (χ1v) is 9.12. The molecule has 1 aromatic rings. The second-order valence-electron chi connectivity index (χ2n) is 6.47. The molecule has 0 spiro atoms. The number of hydrogen-bond acceptors (Lipinski definition) is 4. The van der Waals surface area contributed by atoms with Crippen LogP contribution in [0.5, 0.6) is 0 Å². The van der Waals surface area contributed by atoms with Gasteiger partial charge in [0, 0.05) is 19.1 Å². The van der Waals surface area contributed by atoms with Crippen LogP contribution in [-0.2, 0) is 14.6 Å². The Labute approximate surface area is 131 Å². The maximum atomic E-state index is 12.9. The SMILES string of the molecule is CN(C)C1CCN(C(=O)C2(S(=O)(=O)c3ccccc3)CC2)C1. The number of rotatable bonds is 4. The van der Waals surface area contributed by atoms with Crippen LogP contribution < -0.4 is 0 Å². The van der Waals surface area contributed by atoms with E-state index in [1.807, 2.05) is 14.1 Å². The molecule has 1 aromatic carbocycles. The molecule has 1 aliphatic heterocycles. The fourth-order valence-corrected chi connectivity index (χ4v) is 5.14. The number of carbonyl (C=O) groups excluding carboxylic acids is 1. The van der Waals surface area contributed by atoms with Gasteiger partial charge in [-0.15, -0.1) is 0 Å². The number of nitrogens with zero attached hydrogens (tertiary/aromatic N) is 2. The molecule has 5 nitrogen and oxygen atoms in total. The molecule has 0 aromatic heterocycles. The van der Waals surface area contributed by atoms with Gasteiger partial charge in [0.15, 0.2) is 14.6 Å². The van der Waals surface area contributed by atoms with Crippen molar-refractivity contribution < 1.29 is 13.2 Å². The van der Waals surface area contributed by atoms with E-state index < -0.39 is 14.6 Å². The van der Waals surface area contributed by atoms with Crippen LogP contribution in [0.15, 0.2) is 35.2 Å². The van der Waals surface area contributed by atoms with Crippen LogP contribution in [0.2, 0.25) is 0 Å². The smallest absolute Gasteiger partial charge is 0.244 e. The van der Waals surface area contributed by atoms with Crippen LogP contribution in [0, 0.1) is 0 Å². The monoisotopic (exact) mass is 322 g/mol. The Balaban J connectivity index is 1.84. The highest BCUT2D eigenvalue weighted by Gasteiger charge is 2.62.